The molecule has 3 rings (SSSR count). The Hall–Kier alpha value is -2.13. The number of piperidine rings is 1. The molecule has 1 fully saturated rings. The van der Waals surface area contributed by atoms with Crippen LogP contribution in [0, 0.1) is 0 Å². The highest BCUT2D eigenvalue weighted by Crippen LogP contribution is 2.41. The lowest BCUT2D eigenvalue weighted by molar-refractivity contribution is -0.151. The number of esters is 1. The molecule has 2 aromatic rings. The zero-order valence-corrected chi connectivity index (χ0v) is 13.7. The topological polar surface area (TPSA) is 29.5 Å². The van der Waals surface area contributed by atoms with Crippen molar-refractivity contribution in [1.29, 1.82) is 0 Å². The summed E-state index contributed by atoms with van der Waals surface area (Å²) in [5, 5.41) is 0. The summed E-state index contributed by atoms with van der Waals surface area (Å²) in [6.45, 7) is 1.49. The normalized spacial score (nSPS) is 25.0. The van der Waals surface area contributed by atoms with E-state index in [9.17, 15) is 4.79 Å². The fourth-order valence-corrected chi connectivity index (χ4v) is 3.57. The van der Waals surface area contributed by atoms with Crippen LogP contribution in [0.25, 0.3) is 0 Å². The quantitative estimate of drug-likeness (QED) is 0.799. The SMILES string of the molecule is CC(=O)OC1C[C@H](c2ccccc2)N(C)[C@H](c2ccccc2)C1. The minimum atomic E-state index is -0.196. The van der Waals surface area contributed by atoms with Gasteiger partial charge in [-0.2, -0.15) is 0 Å². The van der Waals surface area contributed by atoms with E-state index >= 15 is 0 Å². The summed E-state index contributed by atoms with van der Waals surface area (Å²) in [6.07, 6.45) is 1.63. The van der Waals surface area contributed by atoms with Gasteiger partial charge in [0.25, 0.3) is 0 Å². The molecule has 3 nitrogen and oxygen atoms in total. The van der Waals surface area contributed by atoms with Gasteiger partial charge in [0.05, 0.1) is 0 Å². The molecule has 1 heterocycles. The average Bonchev–Trinajstić information content (AvgIpc) is 2.57. The first-order chi connectivity index (χ1) is 11.1. The predicted molar refractivity (Wildman–Crippen MR) is 90.9 cm³/mol. The van der Waals surface area contributed by atoms with E-state index in [2.05, 4.69) is 60.5 Å². The summed E-state index contributed by atoms with van der Waals surface area (Å²) < 4.78 is 5.58. The Labute approximate surface area is 137 Å². The first-order valence-electron chi connectivity index (χ1n) is 8.14. The van der Waals surface area contributed by atoms with Crippen molar-refractivity contribution >= 4 is 5.97 Å². The molecule has 1 aliphatic heterocycles. The minimum Gasteiger partial charge on any atom is -0.462 e. The molecule has 0 aliphatic carbocycles. The first kappa shape index (κ1) is 15.8. The van der Waals surface area contributed by atoms with Gasteiger partial charge in [-0.25, -0.2) is 0 Å². The second kappa shape index (κ2) is 6.97. The molecule has 3 atom stereocenters. The number of carbonyl (C=O) groups excluding carboxylic acids is 1. The highest BCUT2D eigenvalue weighted by molar-refractivity contribution is 5.66. The molecule has 0 saturated carbocycles. The van der Waals surface area contributed by atoms with Crippen LogP contribution in [-0.4, -0.2) is 24.0 Å². The number of carbonyl (C=O) groups is 1. The van der Waals surface area contributed by atoms with Crippen molar-refractivity contribution < 1.29 is 9.53 Å². The molecule has 2 aromatic carbocycles. The van der Waals surface area contributed by atoms with Crippen molar-refractivity contribution in [3.05, 3.63) is 71.8 Å². The molecule has 0 N–H and O–H groups in total. The highest BCUT2D eigenvalue weighted by atomic mass is 16.5. The Bertz CT molecular complexity index is 592. The number of nitrogens with zero attached hydrogens (tertiary/aromatic N) is 1. The van der Waals surface area contributed by atoms with Crippen LogP contribution in [0.5, 0.6) is 0 Å². The van der Waals surface area contributed by atoms with Crippen molar-refractivity contribution in [2.45, 2.75) is 38.0 Å². The van der Waals surface area contributed by atoms with Crippen LogP contribution in [0.2, 0.25) is 0 Å². The third kappa shape index (κ3) is 3.62. The Morgan fingerprint density at radius 1 is 0.913 bits per heavy atom. The molecule has 1 aliphatic rings. The van der Waals surface area contributed by atoms with E-state index in [-0.39, 0.29) is 24.2 Å². The molecule has 0 aromatic heterocycles. The standard InChI is InChI=1S/C20H23NO2/c1-15(22)23-18-13-19(16-9-5-3-6-10-16)21(2)20(14-18)17-11-7-4-8-12-17/h3-12,18-20H,13-14H2,1-2H3/t18?,19-,20+. The lowest BCUT2D eigenvalue weighted by Crippen LogP contribution is -2.40. The Balaban J connectivity index is 1.91. The van der Waals surface area contributed by atoms with E-state index in [1.165, 1.54) is 18.1 Å². The first-order valence-corrected chi connectivity index (χ1v) is 8.14. The molecule has 1 unspecified atom stereocenters. The monoisotopic (exact) mass is 309 g/mol. The van der Waals surface area contributed by atoms with E-state index in [0.717, 1.165) is 12.8 Å². The van der Waals surface area contributed by atoms with Crippen molar-refractivity contribution in [2.75, 3.05) is 7.05 Å². The largest absolute Gasteiger partial charge is 0.462 e. The molecule has 23 heavy (non-hydrogen) atoms. The Morgan fingerprint density at radius 3 is 1.74 bits per heavy atom. The van der Waals surface area contributed by atoms with Gasteiger partial charge in [0, 0.05) is 31.8 Å². The maximum absolute atomic E-state index is 11.4. The summed E-state index contributed by atoms with van der Waals surface area (Å²) in [6, 6.07) is 21.4. The lowest BCUT2D eigenvalue weighted by Gasteiger charge is -2.43. The highest BCUT2D eigenvalue weighted by Gasteiger charge is 2.36. The van der Waals surface area contributed by atoms with Crippen molar-refractivity contribution in [3.8, 4) is 0 Å². The van der Waals surface area contributed by atoms with Crippen LogP contribution in [0.4, 0.5) is 0 Å². The average molecular weight is 309 g/mol. The van der Waals surface area contributed by atoms with Gasteiger partial charge in [0.15, 0.2) is 0 Å². The smallest absolute Gasteiger partial charge is 0.302 e. The predicted octanol–water partition coefficient (Wildman–Crippen LogP) is 4.13. The van der Waals surface area contributed by atoms with Gasteiger partial charge >= 0.3 is 5.97 Å². The Kier molecular flexibility index (Phi) is 4.77. The molecule has 3 heteroatoms. The summed E-state index contributed by atoms with van der Waals surface area (Å²) >= 11 is 0. The van der Waals surface area contributed by atoms with E-state index in [4.69, 9.17) is 4.74 Å². The number of hydrogen-bond acceptors (Lipinski definition) is 3. The second-order valence-corrected chi connectivity index (χ2v) is 6.22. The third-order valence-corrected chi connectivity index (χ3v) is 4.66. The maximum Gasteiger partial charge on any atom is 0.302 e. The van der Waals surface area contributed by atoms with Gasteiger partial charge in [-0.3, -0.25) is 9.69 Å². The maximum atomic E-state index is 11.4. The van der Waals surface area contributed by atoms with Gasteiger partial charge in [-0.1, -0.05) is 60.7 Å². The molecule has 120 valence electrons. The summed E-state index contributed by atoms with van der Waals surface area (Å²) in [5.41, 5.74) is 2.54. The third-order valence-electron chi connectivity index (χ3n) is 4.66. The van der Waals surface area contributed by atoms with Crippen LogP contribution in [0.3, 0.4) is 0 Å². The number of ether oxygens (including phenoxy) is 1. The van der Waals surface area contributed by atoms with Gasteiger partial charge in [-0.15, -0.1) is 0 Å². The molecule has 1 saturated heterocycles. The lowest BCUT2D eigenvalue weighted by atomic mass is 9.86. The van der Waals surface area contributed by atoms with E-state index in [1.807, 2.05) is 12.1 Å². The van der Waals surface area contributed by atoms with Crippen molar-refractivity contribution in [3.63, 3.8) is 0 Å². The molecule has 0 spiro atoms. The van der Waals surface area contributed by atoms with Crippen LogP contribution < -0.4 is 0 Å². The van der Waals surface area contributed by atoms with E-state index < -0.39 is 0 Å². The van der Waals surface area contributed by atoms with Gasteiger partial charge in [0.1, 0.15) is 6.10 Å². The summed E-state index contributed by atoms with van der Waals surface area (Å²) in [4.78, 5) is 13.9. The summed E-state index contributed by atoms with van der Waals surface area (Å²) in [7, 11) is 2.17. The van der Waals surface area contributed by atoms with Crippen molar-refractivity contribution in [2.24, 2.45) is 0 Å². The fraction of sp³-hybridized carbons (Fsp3) is 0.350. The summed E-state index contributed by atoms with van der Waals surface area (Å²) in [5.74, 6) is -0.196. The molecule has 0 amide bonds. The molecular weight excluding hydrogens is 286 g/mol. The number of likely N-dealkylation sites (tertiary alicyclic amines) is 1. The van der Waals surface area contributed by atoms with Gasteiger partial charge < -0.3 is 4.74 Å². The number of benzene rings is 2. The van der Waals surface area contributed by atoms with Gasteiger partial charge in [-0.05, 0) is 18.2 Å². The number of rotatable bonds is 3. The Morgan fingerprint density at radius 2 is 1.35 bits per heavy atom. The van der Waals surface area contributed by atoms with E-state index in [0.29, 0.717) is 0 Å². The van der Waals surface area contributed by atoms with Crippen LogP contribution in [-0.2, 0) is 9.53 Å². The molecule has 0 radical (unpaired) electrons. The molecular formula is C20H23NO2. The van der Waals surface area contributed by atoms with E-state index in [1.54, 1.807) is 0 Å². The van der Waals surface area contributed by atoms with Crippen LogP contribution in [0.15, 0.2) is 60.7 Å². The van der Waals surface area contributed by atoms with Crippen LogP contribution >= 0.6 is 0 Å². The zero-order chi connectivity index (χ0) is 16.2. The van der Waals surface area contributed by atoms with Crippen LogP contribution in [0.1, 0.15) is 43.0 Å². The van der Waals surface area contributed by atoms with Crippen molar-refractivity contribution in [1.82, 2.24) is 4.90 Å². The fourth-order valence-electron chi connectivity index (χ4n) is 3.57. The zero-order valence-electron chi connectivity index (χ0n) is 13.7. The molecule has 0 bridgehead atoms. The van der Waals surface area contributed by atoms with Gasteiger partial charge in [0.2, 0.25) is 0 Å². The minimum absolute atomic E-state index is 0.0425. The number of hydrogen-bond donors (Lipinski definition) is 0. The second-order valence-electron chi connectivity index (χ2n) is 6.22.